The fourth-order valence-corrected chi connectivity index (χ4v) is 9.56. The predicted molar refractivity (Wildman–Crippen MR) is 158 cm³/mol. The molecule has 0 spiro atoms. The Hall–Kier alpha value is -3.28. The number of piperazine rings is 1. The van der Waals surface area contributed by atoms with Gasteiger partial charge in [0, 0.05) is 37.3 Å². The van der Waals surface area contributed by atoms with Gasteiger partial charge in [-0.25, -0.2) is 21.2 Å². The highest BCUT2D eigenvalue weighted by Gasteiger charge is 2.37. The summed E-state index contributed by atoms with van der Waals surface area (Å²) >= 11 is 0. The number of phenolic OH excluding ortho intramolecular Hbond substituents is 1. The summed E-state index contributed by atoms with van der Waals surface area (Å²) in [5, 5.41) is 9.59. The number of rotatable bonds is 5. The van der Waals surface area contributed by atoms with Crippen LogP contribution in [0.1, 0.15) is 55.5 Å². The van der Waals surface area contributed by atoms with Crippen LogP contribution in [-0.2, 0) is 19.9 Å². The summed E-state index contributed by atoms with van der Waals surface area (Å²) in [7, 11) is -7.57. The lowest BCUT2D eigenvalue weighted by atomic mass is 9.77. The molecule has 6 rings (SSSR count). The normalized spacial score (nSPS) is 19.5. The molecule has 0 aromatic heterocycles. The molecule has 1 saturated heterocycles. The third-order valence-electron chi connectivity index (χ3n) is 9.00. The van der Waals surface area contributed by atoms with Crippen LogP contribution in [0.4, 0.5) is 10.1 Å². The van der Waals surface area contributed by atoms with E-state index in [0.717, 1.165) is 18.9 Å². The number of benzene rings is 3. The van der Waals surface area contributed by atoms with E-state index in [1.807, 2.05) is 0 Å². The van der Waals surface area contributed by atoms with Crippen LogP contribution >= 0.6 is 0 Å². The quantitative estimate of drug-likeness (QED) is 0.338. The summed E-state index contributed by atoms with van der Waals surface area (Å²) in [5.74, 6) is -1.61. The van der Waals surface area contributed by atoms with E-state index < -0.39 is 42.5 Å². The number of aromatic hydroxyl groups is 1. The molecule has 0 unspecified atom stereocenters. The molecule has 42 heavy (non-hydrogen) atoms. The van der Waals surface area contributed by atoms with Gasteiger partial charge in [-0.3, -0.25) is 4.79 Å². The number of para-hydroxylation sites is 1. The first-order chi connectivity index (χ1) is 19.8. The minimum Gasteiger partial charge on any atom is -0.503 e. The van der Waals surface area contributed by atoms with E-state index in [2.05, 4.69) is 13.8 Å². The van der Waals surface area contributed by atoms with Gasteiger partial charge in [-0.15, -0.1) is 0 Å². The molecule has 11 heteroatoms. The van der Waals surface area contributed by atoms with Crippen molar-refractivity contribution in [2.75, 3.05) is 31.1 Å². The minimum absolute atomic E-state index is 0.0258. The summed E-state index contributed by atoms with van der Waals surface area (Å²) < 4.78 is 69.1. The molecule has 3 aromatic carbocycles. The first-order valence-electron chi connectivity index (χ1n) is 14.1. The van der Waals surface area contributed by atoms with Crippen molar-refractivity contribution in [3.05, 3.63) is 71.5 Å². The van der Waals surface area contributed by atoms with Gasteiger partial charge in [0.2, 0.25) is 10.0 Å². The summed E-state index contributed by atoms with van der Waals surface area (Å²) in [6, 6.07) is 13.3. The van der Waals surface area contributed by atoms with E-state index >= 15 is 0 Å². The van der Waals surface area contributed by atoms with Crippen LogP contribution in [0.15, 0.2) is 64.4 Å². The van der Waals surface area contributed by atoms with Crippen molar-refractivity contribution in [2.45, 2.75) is 54.6 Å². The number of carbonyl (C=O) groups is 1. The molecular formula is C31H33FN2O6S2. The number of halogens is 1. The van der Waals surface area contributed by atoms with Crippen molar-refractivity contribution in [1.29, 1.82) is 0 Å². The number of carbonyl (C=O) groups excluding carboxylic acids is 1. The lowest BCUT2D eigenvalue weighted by Gasteiger charge is -2.35. The summed E-state index contributed by atoms with van der Waals surface area (Å²) in [6.07, 6.45) is 2.82. The maximum absolute atomic E-state index is 13.8. The van der Waals surface area contributed by atoms with Gasteiger partial charge >= 0.3 is 0 Å². The van der Waals surface area contributed by atoms with Crippen molar-refractivity contribution >= 4 is 31.3 Å². The minimum atomic E-state index is -3.95. The van der Waals surface area contributed by atoms with Crippen LogP contribution in [0.5, 0.6) is 5.75 Å². The second-order valence-corrected chi connectivity index (χ2v) is 16.3. The Morgan fingerprint density at radius 2 is 1.38 bits per heavy atom. The second-order valence-electron chi connectivity index (χ2n) is 12.2. The Kier molecular flexibility index (Phi) is 6.98. The number of sulfonamides is 1. The van der Waals surface area contributed by atoms with Crippen molar-refractivity contribution in [3.63, 3.8) is 0 Å². The number of hydrogen-bond donors (Lipinski definition) is 1. The maximum atomic E-state index is 13.8. The molecule has 3 aliphatic rings. The van der Waals surface area contributed by atoms with Gasteiger partial charge in [0.25, 0.3) is 0 Å². The smallest absolute Gasteiger partial charge is 0.243 e. The lowest BCUT2D eigenvalue weighted by molar-refractivity contribution is 0.104. The topological polar surface area (TPSA) is 112 Å². The Balaban J connectivity index is 1.22. The van der Waals surface area contributed by atoms with E-state index in [9.17, 15) is 31.1 Å². The maximum Gasteiger partial charge on any atom is 0.243 e. The van der Waals surface area contributed by atoms with Gasteiger partial charge < -0.3 is 10.0 Å². The Morgan fingerprint density at radius 1 is 0.810 bits per heavy atom. The van der Waals surface area contributed by atoms with Crippen LogP contribution in [0.3, 0.4) is 0 Å². The lowest BCUT2D eigenvalue weighted by Crippen LogP contribution is -2.48. The van der Waals surface area contributed by atoms with Crippen LogP contribution < -0.4 is 4.90 Å². The molecule has 0 amide bonds. The molecule has 2 fully saturated rings. The van der Waals surface area contributed by atoms with Crippen LogP contribution in [0.25, 0.3) is 11.1 Å². The molecular weight excluding hydrogens is 579 g/mol. The fourth-order valence-electron chi connectivity index (χ4n) is 6.33. The highest BCUT2D eigenvalue weighted by molar-refractivity contribution is 7.92. The van der Waals surface area contributed by atoms with Crippen molar-refractivity contribution in [2.24, 2.45) is 5.41 Å². The van der Waals surface area contributed by atoms with Crippen LogP contribution in [-0.4, -0.2) is 63.5 Å². The zero-order chi connectivity index (χ0) is 30.0. The third-order valence-corrected chi connectivity index (χ3v) is 13.2. The molecule has 2 aliphatic carbocycles. The molecule has 1 saturated carbocycles. The first-order valence-corrected chi connectivity index (χ1v) is 17.1. The van der Waals surface area contributed by atoms with Gasteiger partial charge in [-0.05, 0) is 78.6 Å². The second kappa shape index (κ2) is 10.2. The molecule has 1 aliphatic heterocycles. The largest absolute Gasteiger partial charge is 0.503 e. The molecule has 0 bridgehead atoms. The average Bonchev–Trinajstić information content (AvgIpc) is 3.25. The number of ketones is 1. The molecule has 0 radical (unpaired) electrons. The number of sulfone groups is 1. The first kappa shape index (κ1) is 28.8. The summed E-state index contributed by atoms with van der Waals surface area (Å²) in [4.78, 5) is 15.3. The van der Waals surface area contributed by atoms with E-state index in [0.29, 0.717) is 29.7 Å². The number of fused-ring (bicyclic) bond motifs is 3. The number of anilines is 1. The zero-order valence-electron chi connectivity index (χ0n) is 23.5. The monoisotopic (exact) mass is 612 g/mol. The number of hydrogen-bond acceptors (Lipinski definition) is 7. The van der Waals surface area contributed by atoms with Gasteiger partial charge in [-0.2, -0.15) is 4.31 Å². The zero-order valence-corrected chi connectivity index (χ0v) is 25.1. The van der Waals surface area contributed by atoms with Gasteiger partial charge in [0.1, 0.15) is 0 Å². The highest BCUT2D eigenvalue weighted by atomic mass is 32.2. The van der Waals surface area contributed by atoms with Crippen molar-refractivity contribution in [1.82, 2.24) is 4.31 Å². The molecule has 8 nitrogen and oxygen atoms in total. The highest BCUT2D eigenvalue weighted by Crippen LogP contribution is 2.42. The molecule has 222 valence electrons. The van der Waals surface area contributed by atoms with E-state index in [1.54, 1.807) is 29.2 Å². The van der Waals surface area contributed by atoms with Gasteiger partial charge in [0.15, 0.2) is 27.2 Å². The van der Waals surface area contributed by atoms with Crippen LogP contribution in [0.2, 0.25) is 0 Å². The molecule has 1 N–H and O–H groups in total. The number of nitrogens with zero attached hydrogens (tertiary/aromatic N) is 2. The summed E-state index contributed by atoms with van der Waals surface area (Å²) in [5.41, 5.74) is 2.08. The predicted octanol–water partition coefficient (Wildman–Crippen LogP) is 5.00. The van der Waals surface area contributed by atoms with E-state index in [4.69, 9.17) is 0 Å². The number of phenols is 1. The summed E-state index contributed by atoms with van der Waals surface area (Å²) in [6.45, 7) is 5.03. The van der Waals surface area contributed by atoms with Gasteiger partial charge in [-0.1, -0.05) is 32.0 Å². The molecule has 0 atom stereocenters. The third kappa shape index (κ3) is 4.81. The molecule has 3 aromatic rings. The Bertz CT molecular complexity index is 1800. The van der Waals surface area contributed by atoms with Crippen LogP contribution in [0, 0.1) is 11.2 Å². The fraction of sp³-hybridized carbons (Fsp3) is 0.387. The van der Waals surface area contributed by atoms with Crippen molar-refractivity contribution in [3.8, 4) is 16.9 Å². The average molecular weight is 613 g/mol. The van der Waals surface area contributed by atoms with E-state index in [1.165, 1.54) is 28.6 Å². The standard InChI is InChI=1S/C31H33FN2O6S2/c1-31(2)12-10-20(11-13-31)41(37,38)21-6-8-23-24-9-7-22(19-26(24)29(35)25(23)18-21)42(39,40)34-16-14-33(15-17-34)28-5-3-4-27(32)30(28)36/h3-9,18-20,36H,10-17H2,1-2H3. The van der Waals surface area contributed by atoms with Crippen molar-refractivity contribution < 1.29 is 31.1 Å². The molecule has 1 heterocycles. The SMILES string of the molecule is CC1(C)CCC(S(=O)(=O)c2ccc3c(c2)C(=O)c2cc(S(=O)(=O)N4CCN(c5cccc(F)c5O)CC4)ccc2-3)CC1. The Labute approximate surface area is 245 Å². The van der Waals surface area contributed by atoms with Gasteiger partial charge in [0.05, 0.1) is 20.7 Å². The van der Waals surface area contributed by atoms with E-state index in [-0.39, 0.29) is 52.5 Å². The Morgan fingerprint density at radius 3 is 2.00 bits per heavy atom.